The highest BCUT2D eigenvalue weighted by Crippen LogP contribution is 2.66. The van der Waals surface area contributed by atoms with Crippen LogP contribution < -0.4 is 5.73 Å². The first-order valence-electron chi connectivity index (χ1n) is 9.10. The van der Waals surface area contributed by atoms with Gasteiger partial charge < -0.3 is 44.8 Å². The highest BCUT2D eigenvalue weighted by Gasteiger charge is 2.66. The van der Waals surface area contributed by atoms with Crippen molar-refractivity contribution in [2.75, 3.05) is 12.3 Å². The lowest BCUT2D eigenvalue weighted by Crippen LogP contribution is -2.51. The maximum Gasteiger partial charge on any atom is 0.490 e. The maximum atomic E-state index is 15.7. The van der Waals surface area contributed by atoms with Gasteiger partial charge in [0.05, 0.1) is 5.39 Å². The number of alkyl halides is 1. The van der Waals surface area contributed by atoms with Crippen LogP contribution in [-0.4, -0.2) is 68.5 Å². The summed E-state index contributed by atoms with van der Waals surface area (Å²) in [7, 11) is -17.3. The van der Waals surface area contributed by atoms with E-state index in [2.05, 4.69) is 29.7 Å². The van der Waals surface area contributed by atoms with Gasteiger partial charge in [-0.2, -0.15) is 8.62 Å². The second-order valence-corrected chi connectivity index (χ2v) is 11.8. The van der Waals surface area contributed by atoms with Crippen molar-refractivity contribution in [1.82, 2.24) is 14.5 Å². The summed E-state index contributed by atoms with van der Waals surface area (Å²) in [5, 5.41) is 22.0. The van der Waals surface area contributed by atoms with E-state index >= 15 is 4.39 Å². The highest BCUT2D eigenvalue weighted by molar-refractivity contribution is 7.66. The zero-order valence-corrected chi connectivity index (χ0v) is 20.2. The van der Waals surface area contributed by atoms with E-state index in [1.54, 1.807) is 0 Å². The molecule has 0 bridgehead atoms. The van der Waals surface area contributed by atoms with Crippen molar-refractivity contribution in [3.05, 3.63) is 30.7 Å². The molecule has 0 aliphatic carbocycles. The first kappa shape index (κ1) is 28.0. The molecular weight excluding hydrogens is 544 g/mol. The molecule has 0 radical (unpaired) electrons. The predicted molar refractivity (Wildman–Crippen MR) is 111 cm³/mol. The van der Waals surface area contributed by atoms with Crippen molar-refractivity contribution in [3.8, 4) is 0 Å². The van der Waals surface area contributed by atoms with Gasteiger partial charge in [0.2, 0.25) is 0 Å². The molecule has 2 aromatic heterocycles. The largest absolute Gasteiger partial charge is 0.490 e. The molecule has 196 valence electrons. The van der Waals surface area contributed by atoms with Crippen molar-refractivity contribution >= 4 is 40.3 Å². The number of anilines is 1. The number of aliphatic hydroxyl groups excluding tert-OH is 1. The van der Waals surface area contributed by atoms with Gasteiger partial charge in [-0.25, -0.2) is 28.1 Å². The minimum absolute atomic E-state index is 0.0327. The molecule has 0 amide bonds. The van der Waals surface area contributed by atoms with Crippen LogP contribution >= 0.6 is 23.5 Å². The topological polar surface area (TPSA) is 266 Å². The Labute approximate surface area is 195 Å². The molecule has 2 aromatic rings. The molecule has 8 N–H and O–H groups in total. The van der Waals surface area contributed by atoms with Crippen LogP contribution in [0.3, 0.4) is 0 Å². The lowest BCUT2D eigenvalue weighted by Gasteiger charge is -2.32. The van der Waals surface area contributed by atoms with Gasteiger partial charge >= 0.3 is 23.5 Å². The van der Waals surface area contributed by atoms with Gasteiger partial charge in [-0.15, -0.1) is 0 Å². The van der Waals surface area contributed by atoms with Crippen molar-refractivity contribution in [3.63, 3.8) is 0 Å². The average Bonchev–Trinajstić information content (AvgIpc) is 3.19. The van der Waals surface area contributed by atoms with E-state index in [1.165, 1.54) is 19.2 Å². The fourth-order valence-corrected chi connectivity index (χ4v) is 6.32. The van der Waals surface area contributed by atoms with Crippen LogP contribution in [0.1, 0.15) is 13.2 Å². The van der Waals surface area contributed by atoms with Crippen LogP contribution in [-0.2, 0) is 31.6 Å². The summed E-state index contributed by atoms with van der Waals surface area (Å²) in [4.78, 5) is 43.6. The normalized spacial score (nSPS) is 30.7. The number of ether oxygens (including phenoxy) is 1. The summed E-state index contributed by atoms with van der Waals surface area (Å²) >= 11 is 0. The molecule has 0 spiro atoms. The molecular formula is C14H20FN4O13P3. The molecule has 0 saturated carbocycles. The molecule has 6 atom stereocenters. The fraction of sp³-hybridized carbons (Fsp3) is 0.429. The zero-order chi connectivity index (χ0) is 26.6. The molecule has 2 unspecified atom stereocenters. The zero-order valence-electron chi connectivity index (χ0n) is 17.5. The van der Waals surface area contributed by atoms with E-state index in [9.17, 15) is 33.7 Å². The van der Waals surface area contributed by atoms with E-state index < -0.39 is 53.9 Å². The maximum absolute atomic E-state index is 15.7. The fourth-order valence-electron chi connectivity index (χ4n) is 3.28. The summed E-state index contributed by atoms with van der Waals surface area (Å²) < 4.78 is 67.3. The number of hydrogen-bond acceptors (Lipinski definition) is 12. The van der Waals surface area contributed by atoms with E-state index in [1.807, 2.05) is 0 Å². The third-order valence-electron chi connectivity index (χ3n) is 4.83. The number of rotatable bonds is 9. The van der Waals surface area contributed by atoms with E-state index in [-0.39, 0.29) is 22.4 Å². The quantitative estimate of drug-likeness (QED) is 0.159. The van der Waals surface area contributed by atoms with Crippen molar-refractivity contribution in [1.29, 1.82) is 0 Å². The number of phosphoric ester groups is 1. The van der Waals surface area contributed by atoms with Gasteiger partial charge in [0, 0.05) is 6.20 Å². The number of phosphoric acid groups is 3. The van der Waals surface area contributed by atoms with Crippen LogP contribution in [0.15, 0.2) is 30.7 Å². The summed E-state index contributed by atoms with van der Waals surface area (Å²) in [5.74, 6) is -3.44. The van der Waals surface area contributed by atoms with Gasteiger partial charge in [0.25, 0.3) is 5.85 Å². The summed E-state index contributed by atoms with van der Waals surface area (Å²) in [6.45, 7) is 3.05. The van der Waals surface area contributed by atoms with Crippen molar-refractivity contribution in [2.24, 2.45) is 0 Å². The van der Waals surface area contributed by atoms with Gasteiger partial charge in [-0.1, -0.05) is 6.58 Å². The van der Waals surface area contributed by atoms with Crippen LogP contribution in [0.2, 0.25) is 0 Å². The molecule has 3 heterocycles. The lowest BCUT2D eigenvalue weighted by molar-refractivity contribution is -0.203. The molecule has 0 aromatic carbocycles. The molecule has 21 heteroatoms. The number of nitrogen functional groups attached to an aromatic ring is 1. The molecule has 17 nitrogen and oxygen atoms in total. The standard InChI is InChI=1S/C14H20FN4O13P3/c1-7(2)14(21)11(20)13(15,5-29-34(25,26)32-35(27,28)31-33(22,23)24)30-12(14)19-4-3-8-9(16)17-6-18-10(8)19/h3-4,6,11-12,20-21H,1,5H2,2H3,(H,25,26)(H,27,28)(H2,16,17,18)(H2,22,23,24)/t11-,12-,13-,14-/m1/s1. The van der Waals surface area contributed by atoms with Gasteiger partial charge in [-0.3, -0.25) is 4.52 Å². The minimum Gasteiger partial charge on any atom is -0.383 e. The van der Waals surface area contributed by atoms with Gasteiger partial charge in [0.1, 0.15) is 24.4 Å². The van der Waals surface area contributed by atoms with Gasteiger partial charge in [0.15, 0.2) is 17.9 Å². The monoisotopic (exact) mass is 564 g/mol. The van der Waals surface area contributed by atoms with Crippen LogP contribution in [0.25, 0.3) is 11.0 Å². The number of fused-ring (bicyclic) bond motifs is 1. The molecule has 3 rings (SSSR count). The summed E-state index contributed by atoms with van der Waals surface area (Å²) in [6, 6.07) is 1.41. The Bertz CT molecular complexity index is 1300. The number of nitrogens with two attached hydrogens (primary N) is 1. The van der Waals surface area contributed by atoms with Crippen molar-refractivity contribution in [2.45, 2.75) is 30.7 Å². The van der Waals surface area contributed by atoms with Crippen molar-refractivity contribution < 1.29 is 65.8 Å². The Morgan fingerprint density at radius 3 is 2.46 bits per heavy atom. The summed E-state index contributed by atoms with van der Waals surface area (Å²) in [6.07, 6.45) is -1.98. The second kappa shape index (κ2) is 9.04. The molecule has 1 aliphatic rings. The molecule has 1 aliphatic heterocycles. The van der Waals surface area contributed by atoms with Crippen LogP contribution in [0, 0.1) is 0 Å². The minimum atomic E-state index is -5.88. The highest BCUT2D eigenvalue weighted by atomic mass is 31.3. The number of aromatic nitrogens is 3. The number of aliphatic hydroxyl groups is 2. The Balaban J connectivity index is 1.90. The first-order chi connectivity index (χ1) is 15.8. The number of hydrogen-bond donors (Lipinski definition) is 7. The third kappa shape index (κ3) is 5.55. The Morgan fingerprint density at radius 1 is 1.26 bits per heavy atom. The first-order valence-corrected chi connectivity index (χ1v) is 13.6. The Kier molecular flexibility index (Phi) is 7.22. The number of nitrogens with zero attached hydrogens (tertiary/aromatic N) is 3. The predicted octanol–water partition coefficient (Wildman–Crippen LogP) is 0.219. The molecule has 1 fully saturated rings. The van der Waals surface area contributed by atoms with E-state index in [0.29, 0.717) is 0 Å². The second-order valence-electron chi connectivity index (χ2n) is 7.35. The SMILES string of the molecule is C=C(C)[C@]1(O)[C@H](n2ccc3c(N)ncnc32)O[C@](F)(COP(=O)(O)OP(=O)(O)OP(=O)(O)O)[C@H]1O. The van der Waals surface area contributed by atoms with E-state index in [4.69, 9.17) is 20.3 Å². The third-order valence-corrected chi connectivity index (χ3v) is 8.61. The molecule has 35 heavy (non-hydrogen) atoms. The average molecular weight is 564 g/mol. The Hall–Kier alpha value is -1.62. The van der Waals surface area contributed by atoms with E-state index in [0.717, 1.165) is 10.9 Å². The number of halogens is 1. The Morgan fingerprint density at radius 2 is 1.89 bits per heavy atom. The summed E-state index contributed by atoms with van der Waals surface area (Å²) in [5.41, 5.74) is 3.01. The van der Waals surface area contributed by atoms with Crippen LogP contribution in [0.5, 0.6) is 0 Å². The lowest BCUT2D eigenvalue weighted by atomic mass is 9.87. The molecule has 1 saturated heterocycles. The smallest absolute Gasteiger partial charge is 0.383 e. The van der Waals surface area contributed by atoms with Crippen LogP contribution in [0.4, 0.5) is 10.2 Å². The van der Waals surface area contributed by atoms with Gasteiger partial charge in [-0.05, 0) is 18.6 Å².